The first-order chi connectivity index (χ1) is 16.4. The molecule has 2 aromatic heterocycles. The van der Waals surface area contributed by atoms with Crippen LogP contribution >= 0.6 is 0 Å². The standard InChI is InChI=1S/C25H26N4O5/c1-4-33-25(32)20-21(18-9-6-5-7-10-18)26-17(3)27-22(20)24(31)28-12-13-29(16(2)15-28)23(30)19-11-8-14-34-19/h5-11,14,16H,4,12-13,15H2,1-3H3. The lowest BCUT2D eigenvalue weighted by Gasteiger charge is -2.39. The molecule has 1 aliphatic rings. The second-order valence-electron chi connectivity index (χ2n) is 8.01. The predicted octanol–water partition coefficient (Wildman–Crippen LogP) is 3.21. The van der Waals surface area contributed by atoms with E-state index in [2.05, 4.69) is 9.97 Å². The number of esters is 1. The van der Waals surface area contributed by atoms with Gasteiger partial charge in [-0.05, 0) is 32.9 Å². The van der Waals surface area contributed by atoms with Crippen LogP contribution in [-0.2, 0) is 4.74 Å². The summed E-state index contributed by atoms with van der Waals surface area (Å²) >= 11 is 0. The SMILES string of the molecule is CCOC(=O)c1c(C(=O)N2CCN(C(=O)c3ccco3)C(C)C2)nc(C)nc1-c1ccccc1. The van der Waals surface area contributed by atoms with Crippen molar-refractivity contribution in [1.29, 1.82) is 0 Å². The Kier molecular flexibility index (Phi) is 6.72. The van der Waals surface area contributed by atoms with Gasteiger partial charge in [-0.1, -0.05) is 30.3 Å². The minimum absolute atomic E-state index is 0.00261. The molecule has 0 radical (unpaired) electrons. The van der Waals surface area contributed by atoms with Crippen molar-refractivity contribution < 1.29 is 23.5 Å². The van der Waals surface area contributed by atoms with Crippen molar-refractivity contribution in [3.63, 3.8) is 0 Å². The van der Waals surface area contributed by atoms with Crippen LogP contribution in [-0.4, -0.2) is 69.8 Å². The molecule has 1 unspecified atom stereocenters. The Labute approximate surface area is 197 Å². The first-order valence-electron chi connectivity index (χ1n) is 11.2. The highest BCUT2D eigenvalue weighted by molar-refractivity contribution is 6.07. The number of benzene rings is 1. The summed E-state index contributed by atoms with van der Waals surface area (Å²) in [6.45, 7) is 6.32. The zero-order chi connectivity index (χ0) is 24.2. The average Bonchev–Trinajstić information content (AvgIpc) is 3.38. The number of hydrogen-bond acceptors (Lipinski definition) is 7. The molecule has 3 heterocycles. The molecule has 1 aliphatic heterocycles. The highest BCUT2D eigenvalue weighted by Gasteiger charge is 2.35. The fourth-order valence-corrected chi connectivity index (χ4v) is 4.06. The largest absolute Gasteiger partial charge is 0.462 e. The third-order valence-corrected chi connectivity index (χ3v) is 5.66. The maximum atomic E-state index is 13.6. The molecule has 1 aromatic carbocycles. The van der Waals surface area contributed by atoms with E-state index in [1.807, 2.05) is 37.3 Å². The molecule has 2 amide bonds. The molecule has 0 spiro atoms. The molecule has 9 heteroatoms. The van der Waals surface area contributed by atoms with E-state index in [0.717, 1.165) is 0 Å². The number of piperazine rings is 1. The molecule has 0 N–H and O–H groups in total. The molecule has 0 bridgehead atoms. The zero-order valence-electron chi connectivity index (χ0n) is 19.4. The van der Waals surface area contributed by atoms with Crippen molar-refractivity contribution in [2.24, 2.45) is 0 Å². The Morgan fingerprint density at radius 2 is 1.82 bits per heavy atom. The van der Waals surface area contributed by atoms with Gasteiger partial charge in [-0.2, -0.15) is 0 Å². The number of amides is 2. The number of furan rings is 1. The lowest BCUT2D eigenvalue weighted by Crippen LogP contribution is -2.55. The predicted molar refractivity (Wildman–Crippen MR) is 123 cm³/mol. The Morgan fingerprint density at radius 1 is 1.06 bits per heavy atom. The summed E-state index contributed by atoms with van der Waals surface area (Å²) in [5, 5.41) is 0. The van der Waals surface area contributed by atoms with Crippen LogP contribution in [0.15, 0.2) is 53.1 Å². The molecular weight excluding hydrogens is 436 g/mol. The van der Waals surface area contributed by atoms with Gasteiger partial charge in [0.2, 0.25) is 0 Å². The normalized spacial score (nSPS) is 15.8. The molecule has 176 valence electrons. The van der Waals surface area contributed by atoms with Crippen LogP contribution in [0.25, 0.3) is 11.3 Å². The number of ether oxygens (including phenoxy) is 1. The molecule has 3 aromatic rings. The highest BCUT2D eigenvalue weighted by Crippen LogP contribution is 2.26. The van der Waals surface area contributed by atoms with Crippen LogP contribution in [0.3, 0.4) is 0 Å². The van der Waals surface area contributed by atoms with E-state index < -0.39 is 11.9 Å². The van der Waals surface area contributed by atoms with Crippen LogP contribution < -0.4 is 0 Å². The topological polar surface area (TPSA) is 106 Å². The van der Waals surface area contributed by atoms with E-state index in [-0.39, 0.29) is 42.1 Å². The van der Waals surface area contributed by atoms with Gasteiger partial charge in [0.05, 0.1) is 18.6 Å². The molecule has 4 rings (SSSR count). The number of carbonyl (C=O) groups is 3. The summed E-state index contributed by atoms with van der Waals surface area (Å²) in [7, 11) is 0. The molecule has 34 heavy (non-hydrogen) atoms. The molecule has 9 nitrogen and oxygen atoms in total. The Hall–Kier alpha value is -4.01. The van der Waals surface area contributed by atoms with Gasteiger partial charge < -0.3 is 19.0 Å². The number of nitrogens with zero attached hydrogens (tertiary/aromatic N) is 4. The van der Waals surface area contributed by atoms with Crippen LogP contribution in [0.2, 0.25) is 0 Å². The van der Waals surface area contributed by atoms with Crippen LogP contribution in [0, 0.1) is 6.92 Å². The van der Waals surface area contributed by atoms with E-state index in [1.165, 1.54) is 6.26 Å². The van der Waals surface area contributed by atoms with Crippen molar-refractivity contribution in [3.8, 4) is 11.3 Å². The molecule has 1 atom stereocenters. The molecule has 0 aliphatic carbocycles. The second kappa shape index (κ2) is 9.86. The van der Waals surface area contributed by atoms with Crippen LogP contribution in [0.4, 0.5) is 0 Å². The van der Waals surface area contributed by atoms with Crippen molar-refractivity contribution in [3.05, 3.63) is 71.6 Å². The number of hydrogen-bond donors (Lipinski definition) is 0. The van der Waals surface area contributed by atoms with Crippen molar-refractivity contribution >= 4 is 17.8 Å². The third-order valence-electron chi connectivity index (χ3n) is 5.66. The quantitative estimate of drug-likeness (QED) is 0.536. The fourth-order valence-electron chi connectivity index (χ4n) is 4.06. The molecule has 0 saturated carbocycles. The molecule has 1 fully saturated rings. The van der Waals surface area contributed by atoms with Crippen molar-refractivity contribution in [1.82, 2.24) is 19.8 Å². The zero-order valence-corrected chi connectivity index (χ0v) is 19.4. The Balaban J connectivity index is 1.66. The first-order valence-corrected chi connectivity index (χ1v) is 11.2. The fraction of sp³-hybridized carbons (Fsp3) is 0.320. The first kappa shape index (κ1) is 23.2. The van der Waals surface area contributed by atoms with E-state index >= 15 is 0 Å². The smallest absolute Gasteiger partial charge is 0.342 e. The van der Waals surface area contributed by atoms with Gasteiger partial charge in [-0.15, -0.1) is 0 Å². The summed E-state index contributed by atoms with van der Waals surface area (Å²) in [6.07, 6.45) is 1.45. The van der Waals surface area contributed by atoms with Gasteiger partial charge in [-0.25, -0.2) is 14.8 Å². The van der Waals surface area contributed by atoms with Crippen molar-refractivity contribution in [2.75, 3.05) is 26.2 Å². The number of aryl methyl sites for hydroxylation is 1. The Bertz CT molecular complexity index is 1190. The van der Waals surface area contributed by atoms with Gasteiger partial charge >= 0.3 is 5.97 Å². The van der Waals surface area contributed by atoms with Gasteiger partial charge in [0.1, 0.15) is 17.1 Å². The molecular formula is C25H26N4O5. The van der Waals surface area contributed by atoms with Crippen LogP contribution in [0.1, 0.15) is 51.1 Å². The summed E-state index contributed by atoms with van der Waals surface area (Å²) < 4.78 is 10.5. The monoisotopic (exact) mass is 462 g/mol. The lowest BCUT2D eigenvalue weighted by molar-refractivity contribution is 0.0388. The summed E-state index contributed by atoms with van der Waals surface area (Å²) in [4.78, 5) is 51.4. The number of carbonyl (C=O) groups excluding carboxylic acids is 3. The Morgan fingerprint density at radius 3 is 2.47 bits per heavy atom. The minimum Gasteiger partial charge on any atom is -0.462 e. The van der Waals surface area contributed by atoms with Gasteiger partial charge in [0.15, 0.2) is 5.76 Å². The summed E-state index contributed by atoms with van der Waals surface area (Å²) in [6, 6.07) is 12.2. The minimum atomic E-state index is -0.649. The third kappa shape index (κ3) is 4.54. The maximum absolute atomic E-state index is 13.6. The van der Waals surface area contributed by atoms with E-state index in [0.29, 0.717) is 30.2 Å². The van der Waals surface area contributed by atoms with E-state index in [1.54, 1.807) is 35.8 Å². The highest BCUT2D eigenvalue weighted by atomic mass is 16.5. The number of aromatic nitrogens is 2. The van der Waals surface area contributed by atoms with Crippen molar-refractivity contribution in [2.45, 2.75) is 26.8 Å². The average molecular weight is 463 g/mol. The van der Waals surface area contributed by atoms with Crippen LogP contribution in [0.5, 0.6) is 0 Å². The lowest BCUT2D eigenvalue weighted by atomic mass is 10.0. The van der Waals surface area contributed by atoms with E-state index in [4.69, 9.17) is 9.15 Å². The second-order valence-corrected chi connectivity index (χ2v) is 8.01. The van der Waals surface area contributed by atoms with Gasteiger partial charge in [-0.3, -0.25) is 9.59 Å². The number of rotatable bonds is 5. The van der Waals surface area contributed by atoms with Gasteiger partial charge in [0, 0.05) is 31.2 Å². The molecule has 1 saturated heterocycles. The maximum Gasteiger partial charge on any atom is 0.342 e. The summed E-state index contributed by atoms with van der Waals surface area (Å²) in [5.41, 5.74) is 1.09. The summed E-state index contributed by atoms with van der Waals surface area (Å²) in [5.74, 6) is -0.641. The van der Waals surface area contributed by atoms with Gasteiger partial charge in [0.25, 0.3) is 11.8 Å². The van der Waals surface area contributed by atoms with E-state index in [9.17, 15) is 14.4 Å².